The number of carbonyl (C=O) groups excluding carboxylic acids is 1. The van der Waals surface area contributed by atoms with Crippen LogP contribution in [-0.4, -0.2) is 28.3 Å². The molecule has 0 saturated heterocycles. The van der Waals surface area contributed by atoms with E-state index in [4.69, 9.17) is 5.11 Å². The number of carboxylic acid groups (broad SMARTS) is 1. The Morgan fingerprint density at radius 1 is 1.14 bits per heavy atom. The maximum atomic E-state index is 11.9. The van der Waals surface area contributed by atoms with Crippen LogP contribution in [0.25, 0.3) is 0 Å². The fraction of sp³-hybridized carbons (Fsp3) is 0.0714. The SMILES string of the molecule is CSc1ccccc1NC(=O)Nc1ccc(C(=O)O)nc1. The van der Waals surface area contributed by atoms with E-state index in [0.717, 1.165) is 4.90 Å². The maximum Gasteiger partial charge on any atom is 0.354 e. The summed E-state index contributed by atoms with van der Waals surface area (Å²) in [6.07, 6.45) is 3.22. The molecular weight excluding hydrogens is 290 g/mol. The lowest BCUT2D eigenvalue weighted by Crippen LogP contribution is -2.20. The van der Waals surface area contributed by atoms with E-state index in [1.54, 1.807) is 6.07 Å². The molecule has 0 aliphatic heterocycles. The Morgan fingerprint density at radius 3 is 2.52 bits per heavy atom. The van der Waals surface area contributed by atoms with Gasteiger partial charge in [-0.3, -0.25) is 0 Å². The molecule has 2 amide bonds. The van der Waals surface area contributed by atoms with E-state index < -0.39 is 12.0 Å². The molecule has 108 valence electrons. The minimum atomic E-state index is -1.11. The van der Waals surface area contributed by atoms with Crippen molar-refractivity contribution in [1.82, 2.24) is 4.98 Å². The molecule has 0 radical (unpaired) electrons. The number of hydrogen-bond donors (Lipinski definition) is 3. The van der Waals surface area contributed by atoms with Crippen LogP contribution in [-0.2, 0) is 0 Å². The lowest BCUT2D eigenvalue weighted by atomic mass is 10.3. The maximum absolute atomic E-state index is 11.9. The molecule has 0 spiro atoms. The fourth-order valence-corrected chi connectivity index (χ4v) is 2.18. The molecule has 1 aromatic carbocycles. The number of hydrogen-bond acceptors (Lipinski definition) is 4. The third-order valence-corrected chi connectivity index (χ3v) is 3.39. The summed E-state index contributed by atoms with van der Waals surface area (Å²) in [6, 6.07) is 9.83. The number of amides is 2. The Balaban J connectivity index is 2.03. The first-order chi connectivity index (χ1) is 10.1. The predicted molar refractivity (Wildman–Crippen MR) is 82.1 cm³/mol. The summed E-state index contributed by atoms with van der Waals surface area (Å²) in [5.74, 6) is -1.11. The number of benzene rings is 1. The highest BCUT2D eigenvalue weighted by Gasteiger charge is 2.08. The topological polar surface area (TPSA) is 91.3 Å². The highest BCUT2D eigenvalue weighted by atomic mass is 32.2. The zero-order valence-corrected chi connectivity index (χ0v) is 12.0. The number of aromatic carboxylic acids is 1. The first-order valence-electron chi connectivity index (χ1n) is 6.00. The van der Waals surface area contributed by atoms with E-state index in [9.17, 15) is 9.59 Å². The summed E-state index contributed by atoms with van der Waals surface area (Å²) in [5, 5.41) is 14.1. The number of carboxylic acids is 1. The third kappa shape index (κ3) is 3.96. The second-order valence-electron chi connectivity index (χ2n) is 4.02. The van der Waals surface area contributed by atoms with Crippen molar-refractivity contribution in [3.8, 4) is 0 Å². The quantitative estimate of drug-likeness (QED) is 0.755. The van der Waals surface area contributed by atoms with E-state index in [-0.39, 0.29) is 5.69 Å². The van der Waals surface area contributed by atoms with Gasteiger partial charge in [0.05, 0.1) is 17.6 Å². The molecule has 0 aliphatic rings. The van der Waals surface area contributed by atoms with Crippen molar-refractivity contribution in [2.45, 2.75) is 4.90 Å². The smallest absolute Gasteiger partial charge is 0.354 e. The van der Waals surface area contributed by atoms with Crippen LogP contribution in [0, 0.1) is 0 Å². The van der Waals surface area contributed by atoms with Gasteiger partial charge in [-0.25, -0.2) is 14.6 Å². The summed E-state index contributed by atoms with van der Waals surface area (Å²) >= 11 is 1.53. The van der Waals surface area contributed by atoms with Crippen molar-refractivity contribution in [3.05, 3.63) is 48.3 Å². The van der Waals surface area contributed by atoms with Crippen molar-refractivity contribution in [2.24, 2.45) is 0 Å². The third-order valence-electron chi connectivity index (χ3n) is 2.60. The van der Waals surface area contributed by atoms with Gasteiger partial charge < -0.3 is 15.7 Å². The molecule has 0 atom stereocenters. The van der Waals surface area contributed by atoms with Crippen LogP contribution in [0.2, 0.25) is 0 Å². The number of anilines is 2. The van der Waals surface area contributed by atoms with Crippen molar-refractivity contribution in [2.75, 3.05) is 16.9 Å². The van der Waals surface area contributed by atoms with Crippen LogP contribution in [0.5, 0.6) is 0 Å². The summed E-state index contributed by atoms with van der Waals surface area (Å²) in [6.45, 7) is 0. The molecule has 1 heterocycles. The first kappa shape index (κ1) is 14.9. The van der Waals surface area contributed by atoms with Crippen molar-refractivity contribution < 1.29 is 14.7 Å². The standard InChI is InChI=1S/C14H13N3O3S/c1-21-12-5-3-2-4-10(12)17-14(20)16-9-6-7-11(13(18)19)15-8-9/h2-8H,1H3,(H,18,19)(H2,16,17,20). The second kappa shape index (κ2) is 6.76. The highest BCUT2D eigenvalue weighted by molar-refractivity contribution is 7.98. The molecular formula is C14H13N3O3S. The van der Waals surface area contributed by atoms with Crippen LogP contribution >= 0.6 is 11.8 Å². The highest BCUT2D eigenvalue weighted by Crippen LogP contribution is 2.24. The fourth-order valence-electron chi connectivity index (χ4n) is 1.63. The number of nitrogens with zero attached hydrogens (tertiary/aromatic N) is 1. The average Bonchev–Trinajstić information content (AvgIpc) is 2.48. The largest absolute Gasteiger partial charge is 0.477 e. The lowest BCUT2D eigenvalue weighted by Gasteiger charge is -2.10. The number of pyridine rings is 1. The zero-order chi connectivity index (χ0) is 15.2. The van der Waals surface area contributed by atoms with Crippen molar-refractivity contribution in [1.29, 1.82) is 0 Å². The van der Waals surface area contributed by atoms with E-state index in [1.165, 1.54) is 30.1 Å². The number of aromatic nitrogens is 1. The molecule has 2 aromatic rings. The molecule has 1 aromatic heterocycles. The molecule has 7 heteroatoms. The monoisotopic (exact) mass is 303 g/mol. The van der Waals surface area contributed by atoms with Gasteiger partial charge in [0.15, 0.2) is 0 Å². The summed E-state index contributed by atoms with van der Waals surface area (Å²) in [7, 11) is 0. The van der Waals surface area contributed by atoms with E-state index in [1.807, 2.05) is 24.5 Å². The lowest BCUT2D eigenvalue weighted by molar-refractivity contribution is 0.0690. The van der Waals surface area contributed by atoms with Crippen LogP contribution in [0.4, 0.5) is 16.2 Å². The zero-order valence-electron chi connectivity index (χ0n) is 11.2. The van der Waals surface area contributed by atoms with Crippen molar-refractivity contribution in [3.63, 3.8) is 0 Å². The predicted octanol–water partition coefficient (Wildman–Crippen LogP) is 3.15. The number of carbonyl (C=O) groups is 2. The van der Waals surface area contributed by atoms with Gasteiger partial charge in [-0.1, -0.05) is 12.1 Å². The molecule has 2 rings (SSSR count). The molecule has 21 heavy (non-hydrogen) atoms. The Labute approximate surface area is 125 Å². The molecule has 0 bridgehead atoms. The number of rotatable bonds is 4. The second-order valence-corrected chi connectivity index (χ2v) is 4.86. The Kier molecular flexibility index (Phi) is 4.78. The van der Waals surface area contributed by atoms with Gasteiger partial charge in [-0.15, -0.1) is 11.8 Å². The first-order valence-corrected chi connectivity index (χ1v) is 7.23. The van der Waals surface area contributed by atoms with E-state index in [2.05, 4.69) is 15.6 Å². The molecule has 3 N–H and O–H groups in total. The normalized spacial score (nSPS) is 9.95. The minimum Gasteiger partial charge on any atom is -0.477 e. The summed E-state index contributed by atoms with van der Waals surface area (Å²) < 4.78 is 0. The van der Waals surface area contributed by atoms with Gasteiger partial charge in [0, 0.05) is 4.90 Å². The van der Waals surface area contributed by atoms with Gasteiger partial charge in [0.1, 0.15) is 5.69 Å². The van der Waals surface area contributed by atoms with Gasteiger partial charge in [-0.05, 0) is 30.5 Å². The van der Waals surface area contributed by atoms with Gasteiger partial charge in [0.25, 0.3) is 0 Å². The van der Waals surface area contributed by atoms with E-state index in [0.29, 0.717) is 11.4 Å². The van der Waals surface area contributed by atoms with Gasteiger partial charge >= 0.3 is 12.0 Å². The van der Waals surface area contributed by atoms with E-state index >= 15 is 0 Å². The Hall–Kier alpha value is -2.54. The molecule has 0 saturated carbocycles. The minimum absolute atomic E-state index is 0.0753. The van der Waals surface area contributed by atoms with Crippen LogP contribution < -0.4 is 10.6 Å². The number of para-hydroxylation sites is 1. The molecule has 0 aliphatic carbocycles. The summed E-state index contributed by atoms with van der Waals surface area (Å²) in [4.78, 5) is 27.3. The van der Waals surface area contributed by atoms with Gasteiger partial charge in [-0.2, -0.15) is 0 Å². The molecule has 0 fully saturated rings. The Morgan fingerprint density at radius 2 is 1.90 bits per heavy atom. The van der Waals surface area contributed by atoms with Gasteiger partial charge in [0.2, 0.25) is 0 Å². The van der Waals surface area contributed by atoms with Crippen LogP contribution in [0.3, 0.4) is 0 Å². The summed E-state index contributed by atoms with van der Waals surface area (Å²) in [5.41, 5.74) is 1.05. The molecule has 0 unspecified atom stereocenters. The molecule has 6 nitrogen and oxygen atoms in total. The van der Waals surface area contributed by atoms with Crippen molar-refractivity contribution >= 4 is 35.1 Å². The van der Waals surface area contributed by atoms with Crippen LogP contribution in [0.1, 0.15) is 10.5 Å². The Bertz CT molecular complexity index is 659. The van der Waals surface area contributed by atoms with Crippen LogP contribution in [0.15, 0.2) is 47.5 Å². The average molecular weight is 303 g/mol. The number of thioether (sulfide) groups is 1. The number of nitrogens with one attached hydrogen (secondary N) is 2. The number of urea groups is 1.